The Balaban J connectivity index is 1.88. The highest BCUT2D eigenvalue weighted by Gasteiger charge is 2.10. The van der Waals surface area contributed by atoms with E-state index in [-0.39, 0.29) is 5.76 Å². The van der Waals surface area contributed by atoms with E-state index in [9.17, 15) is 4.79 Å². The Morgan fingerprint density at radius 3 is 2.95 bits per heavy atom. The highest BCUT2D eigenvalue weighted by molar-refractivity contribution is 5.90. The SMILES string of the molecule is COc1ccc2c(ccn2Cc2ccc(C(=O)NN)o2)c1. The summed E-state index contributed by atoms with van der Waals surface area (Å²) in [7, 11) is 1.64. The van der Waals surface area contributed by atoms with E-state index in [1.54, 1.807) is 19.2 Å². The van der Waals surface area contributed by atoms with Gasteiger partial charge in [0.05, 0.1) is 13.7 Å². The van der Waals surface area contributed by atoms with Gasteiger partial charge in [-0.25, -0.2) is 5.84 Å². The minimum absolute atomic E-state index is 0.200. The number of nitrogens with zero attached hydrogens (tertiary/aromatic N) is 1. The van der Waals surface area contributed by atoms with Crippen molar-refractivity contribution in [1.82, 2.24) is 9.99 Å². The Hall–Kier alpha value is -2.73. The van der Waals surface area contributed by atoms with Crippen LogP contribution in [0.25, 0.3) is 10.9 Å². The summed E-state index contributed by atoms with van der Waals surface area (Å²) in [5.74, 6) is 6.33. The van der Waals surface area contributed by atoms with Gasteiger partial charge in [0.1, 0.15) is 11.5 Å². The number of ether oxygens (including phenoxy) is 1. The number of methoxy groups -OCH3 is 1. The average molecular weight is 285 g/mol. The van der Waals surface area contributed by atoms with E-state index in [4.69, 9.17) is 15.0 Å². The van der Waals surface area contributed by atoms with Crippen molar-refractivity contribution in [3.8, 4) is 5.75 Å². The first kappa shape index (κ1) is 13.3. The van der Waals surface area contributed by atoms with Crippen molar-refractivity contribution in [3.63, 3.8) is 0 Å². The maximum atomic E-state index is 11.4. The molecule has 2 heterocycles. The van der Waals surface area contributed by atoms with Gasteiger partial charge in [-0.2, -0.15) is 0 Å². The van der Waals surface area contributed by atoms with Crippen LogP contribution in [0.4, 0.5) is 0 Å². The van der Waals surface area contributed by atoms with Crippen LogP contribution >= 0.6 is 0 Å². The second kappa shape index (κ2) is 5.34. The zero-order chi connectivity index (χ0) is 14.8. The zero-order valence-electron chi connectivity index (χ0n) is 11.5. The first-order valence-electron chi connectivity index (χ1n) is 6.44. The molecule has 3 aromatic rings. The molecule has 0 fully saturated rings. The van der Waals surface area contributed by atoms with Crippen molar-refractivity contribution in [3.05, 3.63) is 54.1 Å². The third-order valence-electron chi connectivity index (χ3n) is 3.32. The van der Waals surface area contributed by atoms with Crippen LogP contribution in [0.1, 0.15) is 16.3 Å². The molecule has 1 aromatic carbocycles. The summed E-state index contributed by atoms with van der Waals surface area (Å²) in [6.07, 6.45) is 1.97. The third kappa shape index (κ3) is 2.48. The molecule has 0 unspecified atom stereocenters. The van der Waals surface area contributed by atoms with Gasteiger partial charge in [0.25, 0.3) is 0 Å². The summed E-state index contributed by atoms with van der Waals surface area (Å²) in [5.41, 5.74) is 3.11. The van der Waals surface area contributed by atoms with Crippen molar-refractivity contribution in [1.29, 1.82) is 0 Å². The fraction of sp³-hybridized carbons (Fsp3) is 0.133. The number of hydrogen-bond donors (Lipinski definition) is 2. The number of nitrogens with two attached hydrogens (primary N) is 1. The molecule has 0 aliphatic heterocycles. The molecule has 0 aliphatic rings. The molecular formula is C15H15N3O3. The molecule has 3 rings (SSSR count). The number of aromatic nitrogens is 1. The highest BCUT2D eigenvalue weighted by Crippen LogP contribution is 2.23. The van der Waals surface area contributed by atoms with E-state index in [1.165, 1.54) is 0 Å². The number of carbonyl (C=O) groups is 1. The lowest BCUT2D eigenvalue weighted by atomic mass is 10.2. The van der Waals surface area contributed by atoms with E-state index in [1.807, 2.05) is 40.5 Å². The average Bonchev–Trinajstić information content (AvgIpc) is 3.14. The van der Waals surface area contributed by atoms with Crippen LogP contribution in [0.2, 0.25) is 0 Å². The van der Waals surface area contributed by atoms with Gasteiger partial charge in [0.15, 0.2) is 5.76 Å². The molecule has 0 saturated carbocycles. The maximum absolute atomic E-state index is 11.4. The minimum Gasteiger partial charge on any atom is -0.497 e. The topological polar surface area (TPSA) is 82.4 Å². The van der Waals surface area contributed by atoms with Gasteiger partial charge < -0.3 is 13.7 Å². The Morgan fingerprint density at radius 2 is 2.19 bits per heavy atom. The minimum atomic E-state index is -0.441. The van der Waals surface area contributed by atoms with Gasteiger partial charge >= 0.3 is 5.91 Å². The molecular weight excluding hydrogens is 270 g/mol. The Bertz CT molecular complexity index is 788. The Labute approximate surface area is 121 Å². The second-order valence-corrected chi connectivity index (χ2v) is 4.61. The molecule has 0 bridgehead atoms. The number of carbonyl (C=O) groups excluding carboxylic acids is 1. The van der Waals surface area contributed by atoms with Gasteiger partial charge in [-0.3, -0.25) is 10.2 Å². The van der Waals surface area contributed by atoms with E-state index in [2.05, 4.69) is 0 Å². The van der Waals surface area contributed by atoms with Crippen molar-refractivity contribution >= 4 is 16.8 Å². The Kier molecular flexibility index (Phi) is 3.37. The number of fused-ring (bicyclic) bond motifs is 1. The molecule has 0 radical (unpaired) electrons. The van der Waals surface area contributed by atoms with E-state index in [0.29, 0.717) is 12.3 Å². The molecule has 108 valence electrons. The molecule has 0 spiro atoms. The van der Waals surface area contributed by atoms with Gasteiger partial charge in [0, 0.05) is 17.1 Å². The largest absolute Gasteiger partial charge is 0.497 e. The predicted octanol–water partition coefficient (Wildman–Crippen LogP) is 1.89. The molecule has 0 saturated heterocycles. The van der Waals surface area contributed by atoms with E-state index >= 15 is 0 Å². The molecule has 0 aliphatic carbocycles. The number of furan rings is 1. The molecule has 1 amide bonds. The summed E-state index contributed by atoms with van der Waals surface area (Å²) in [6.45, 7) is 0.535. The zero-order valence-corrected chi connectivity index (χ0v) is 11.5. The van der Waals surface area contributed by atoms with Crippen molar-refractivity contribution < 1.29 is 13.9 Å². The lowest BCUT2D eigenvalue weighted by molar-refractivity contribution is 0.0924. The van der Waals surface area contributed by atoms with Gasteiger partial charge in [0.2, 0.25) is 0 Å². The van der Waals surface area contributed by atoms with Crippen molar-refractivity contribution in [2.24, 2.45) is 5.84 Å². The standard InChI is InChI=1S/C15H15N3O3/c1-20-11-2-4-13-10(8-11)6-7-18(13)9-12-3-5-14(21-12)15(19)17-16/h2-8H,9,16H2,1H3,(H,17,19). The molecule has 6 heteroatoms. The van der Waals surface area contributed by atoms with Crippen LogP contribution in [0.5, 0.6) is 5.75 Å². The summed E-state index contributed by atoms with van der Waals surface area (Å²) >= 11 is 0. The maximum Gasteiger partial charge on any atom is 0.300 e. The first-order chi connectivity index (χ1) is 10.2. The number of rotatable bonds is 4. The van der Waals surface area contributed by atoms with Gasteiger partial charge in [-0.15, -0.1) is 0 Å². The number of nitrogen functional groups attached to an aromatic ring is 1. The summed E-state index contributed by atoms with van der Waals surface area (Å²) in [5, 5.41) is 1.08. The monoisotopic (exact) mass is 285 g/mol. The molecule has 0 atom stereocenters. The van der Waals surface area contributed by atoms with E-state index < -0.39 is 5.91 Å². The number of hydrogen-bond acceptors (Lipinski definition) is 4. The highest BCUT2D eigenvalue weighted by atomic mass is 16.5. The second-order valence-electron chi connectivity index (χ2n) is 4.61. The van der Waals surface area contributed by atoms with Crippen LogP contribution in [0, 0.1) is 0 Å². The van der Waals surface area contributed by atoms with Crippen LogP contribution in [-0.2, 0) is 6.54 Å². The molecule has 2 aromatic heterocycles. The Morgan fingerprint density at radius 1 is 1.33 bits per heavy atom. The lowest BCUT2D eigenvalue weighted by Crippen LogP contribution is -2.29. The summed E-state index contributed by atoms with van der Waals surface area (Å²) in [4.78, 5) is 11.4. The quantitative estimate of drug-likeness (QED) is 0.436. The number of amides is 1. The van der Waals surface area contributed by atoms with Crippen molar-refractivity contribution in [2.45, 2.75) is 6.54 Å². The number of benzene rings is 1. The molecule has 6 nitrogen and oxygen atoms in total. The van der Waals surface area contributed by atoms with Gasteiger partial charge in [-0.1, -0.05) is 0 Å². The van der Waals surface area contributed by atoms with Crippen LogP contribution in [0.3, 0.4) is 0 Å². The lowest BCUT2D eigenvalue weighted by Gasteiger charge is -2.04. The smallest absolute Gasteiger partial charge is 0.300 e. The van der Waals surface area contributed by atoms with Crippen LogP contribution < -0.4 is 16.0 Å². The third-order valence-corrected chi connectivity index (χ3v) is 3.32. The molecule has 3 N–H and O–H groups in total. The van der Waals surface area contributed by atoms with Crippen molar-refractivity contribution in [2.75, 3.05) is 7.11 Å². The van der Waals surface area contributed by atoms with Gasteiger partial charge in [-0.05, 0) is 36.4 Å². The fourth-order valence-electron chi connectivity index (χ4n) is 2.27. The van der Waals surface area contributed by atoms with Crippen LogP contribution in [-0.4, -0.2) is 17.6 Å². The summed E-state index contributed by atoms with van der Waals surface area (Å²) < 4.78 is 12.7. The fourth-order valence-corrected chi connectivity index (χ4v) is 2.27. The van der Waals surface area contributed by atoms with E-state index in [0.717, 1.165) is 16.7 Å². The number of hydrazine groups is 1. The first-order valence-corrected chi connectivity index (χ1v) is 6.44. The normalized spacial score (nSPS) is 10.8. The summed E-state index contributed by atoms with van der Waals surface area (Å²) in [6, 6.07) is 11.3. The molecule has 21 heavy (non-hydrogen) atoms. The predicted molar refractivity (Wildman–Crippen MR) is 78.0 cm³/mol. The van der Waals surface area contributed by atoms with Crippen LogP contribution in [0.15, 0.2) is 47.0 Å². The number of nitrogens with one attached hydrogen (secondary N) is 1.